The molecule has 2 aromatic carbocycles. The van der Waals surface area contributed by atoms with Gasteiger partial charge in [-0.2, -0.15) is 0 Å². The van der Waals surface area contributed by atoms with Gasteiger partial charge in [0, 0.05) is 41.9 Å². The molecule has 0 bridgehead atoms. The molecule has 1 N–H and O–H groups in total. The van der Waals surface area contributed by atoms with Crippen molar-refractivity contribution < 1.29 is 0 Å². The van der Waals surface area contributed by atoms with Crippen molar-refractivity contribution in [2.75, 3.05) is 5.32 Å². The Labute approximate surface area is 174 Å². The molecule has 1 aromatic heterocycles. The number of rotatable bonds is 6. The number of nitrogens with one attached hydrogen (secondary N) is 1. The molecule has 3 nitrogen and oxygen atoms in total. The molecule has 4 heteroatoms. The molecule has 0 aliphatic rings. The van der Waals surface area contributed by atoms with Crippen LogP contribution in [0.15, 0.2) is 48.7 Å². The Balaban J connectivity index is 1.91. The minimum Gasteiger partial charge on any atom is -0.347 e. The summed E-state index contributed by atoms with van der Waals surface area (Å²) in [6.45, 7) is 12.7. The molecule has 0 amide bonds. The van der Waals surface area contributed by atoms with Crippen LogP contribution in [0.1, 0.15) is 43.9 Å². The molecule has 1 atom stereocenters. The van der Waals surface area contributed by atoms with Crippen molar-refractivity contribution in [3.63, 3.8) is 0 Å². The fraction of sp³-hybridized carbons (Fsp3) is 0.375. The summed E-state index contributed by atoms with van der Waals surface area (Å²) in [5.74, 6) is 0. The molecular weight excluding hydrogens is 362 g/mol. The summed E-state index contributed by atoms with van der Waals surface area (Å²) in [6, 6.07) is 15.4. The van der Waals surface area contributed by atoms with Gasteiger partial charge in [-0.25, -0.2) is 0 Å². The smallest absolute Gasteiger partial charge is 0.173 e. The number of benzene rings is 2. The highest BCUT2D eigenvalue weighted by Gasteiger charge is 2.19. The molecule has 0 fully saturated rings. The Morgan fingerprint density at radius 2 is 1.89 bits per heavy atom. The van der Waals surface area contributed by atoms with Crippen LogP contribution in [0.5, 0.6) is 0 Å². The second-order valence-corrected chi connectivity index (χ2v) is 7.98. The fourth-order valence-corrected chi connectivity index (χ4v) is 3.95. The topological polar surface area (TPSA) is 20.2 Å². The molecule has 0 aliphatic heterocycles. The molecule has 0 saturated heterocycles. The SMILES string of the molecule is CC[C@H](C)N(Cc1cn(CC)c2ccccc12)C(=S)Nc1cc(C)ccc1C. The van der Waals surface area contributed by atoms with E-state index in [0.29, 0.717) is 6.04 Å². The van der Waals surface area contributed by atoms with Gasteiger partial charge in [0.15, 0.2) is 5.11 Å². The zero-order valence-electron chi connectivity index (χ0n) is 17.6. The van der Waals surface area contributed by atoms with Gasteiger partial charge in [-0.3, -0.25) is 0 Å². The molecule has 148 valence electrons. The van der Waals surface area contributed by atoms with Crippen molar-refractivity contribution in [3.8, 4) is 0 Å². The van der Waals surface area contributed by atoms with Crippen molar-refractivity contribution >= 4 is 33.9 Å². The summed E-state index contributed by atoms with van der Waals surface area (Å²) in [6.07, 6.45) is 3.32. The van der Waals surface area contributed by atoms with E-state index in [9.17, 15) is 0 Å². The van der Waals surface area contributed by atoms with E-state index >= 15 is 0 Å². The van der Waals surface area contributed by atoms with Crippen LogP contribution in [0.3, 0.4) is 0 Å². The quantitative estimate of drug-likeness (QED) is 0.498. The summed E-state index contributed by atoms with van der Waals surface area (Å²) < 4.78 is 2.32. The normalized spacial score (nSPS) is 12.2. The summed E-state index contributed by atoms with van der Waals surface area (Å²) in [4.78, 5) is 2.32. The molecule has 0 unspecified atom stereocenters. The Kier molecular flexibility index (Phi) is 6.40. The van der Waals surface area contributed by atoms with Gasteiger partial charge in [-0.05, 0) is 75.2 Å². The zero-order valence-corrected chi connectivity index (χ0v) is 18.4. The van der Waals surface area contributed by atoms with Crippen LogP contribution in [0, 0.1) is 13.8 Å². The van der Waals surface area contributed by atoms with E-state index in [-0.39, 0.29) is 0 Å². The lowest BCUT2D eigenvalue weighted by molar-refractivity contribution is 0.320. The third-order valence-corrected chi connectivity index (χ3v) is 5.91. The molecule has 28 heavy (non-hydrogen) atoms. The lowest BCUT2D eigenvalue weighted by atomic mass is 10.1. The number of fused-ring (bicyclic) bond motifs is 1. The van der Waals surface area contributed by atoms with Crippen LogP contribution in [-0.4, -0.2) is 20.6 Å². The second kappa shape index (κ2) is 8.78. The minimum atomic E-state index is 0.355. The molecule has 0 saturated carbocycles. The molecular formula is C24H31N3S. The highest BCUT2D eigenvalue weighted by molar-refractivity contribution is 7.80. The first-order valence-electron chi connectivity index (χ1n) is 10.2. The summed E-state index contributed by atoms with van der Waals surface area (Å²) in [7, 11) is 0. The zero-order chi connectivity index (χ0) is 20.3. The van der Waals surface area contributed by atoms with Crippen LogP contribution in [-0.2, 0) is 13.1 Å². The number of aryl methyl sites for hydroxylation is 3. The third kappa shape index (κ3) is 4.22. The van der Waals surface area contributed by atoms with Crippen LogP contribution in [0.2, 0.25) is 0 Å². The Morgan fingerprint density at radius 1 is 1.14 bits per heavy atom. The number of hydrogen-bond acceptors (Lipinski definition) is 1. The predicted molar refractivity (Wildman–Crippen MR) is 125 cm³/mol. The van der Waals surface area contributed by atoms with Gasteiger partial charge in [-0.15, -0.1) is 0 Å². The number of aromatic nitrogens is 1. The lowest BCUT2D eigenvalue weighted by Crippen LogP contribution is -2.40. The average Bonchev–Trinajstić information content (AvgIpc) is 3.06. The van der Waals surface area contributed by atoms with Crippen molar-refractivity contribution in [3.05, 3.63) is 65.4 Å². The molecule has 1 heterocycles. The van der Waals surface area contributed by atoms with E-state index in [4.69, 9.17) is 12.2 Å². The van der Waals surface area contributed by atoms with Gasteiger partial charge in [0.25, 0.3) is 0 Å². The van der Waals surface area contributed by atoms with E-state index in [1.807, 2.05) is 0 Å². The Hall–Kier alpha value is -2.33. The maximum absolute atomic E-state index is 5.87. The maximum Gasteiger partial charge on any atom is 0.173 e. The number of anilines is 1. The summed E-state index contributed by atoms with van der Waals surface area (Å²) >= 11 is 5.87. The highest BCUT2D eigenvalue weighted by atomic mass is 32.1. The Bertz CT molecular complexity index is 973. The van der Waals surface area contributed by atoms with Gasteiger partial charge in [-0.1, -0.05) is 37.3 Å². The second-order valence-electron chi connectivity index (χ2n) is 7.59. The van der Waals surface area contributed by atoms with E-state index in [1.54, 1.807) is 0 Å². The lowest BCUT2D eigenvalue weighted by Gasteiger charge is -2.31. The molecule has 0 aliphatic carbocycles. The summed E-state index contributed by atoms with van der Waals surface area (Å²) in [5, 5.41) is 5.61. The largest absolute Gasteiger partial charge is 0.347 e. The number of hydrogen-bond donors (Lipinski definition) is 1. The van der Waals surface area contributed by atoms with Crippen molar-refractivity contribution in [2.45, 2.75) is 60.2 Å². The van der Waals surface area contributed by atoms with Crippen LogP contribution in [0.25, 0.3) is 10.9 Å². The predicted octanol–water partition coefficient (Wildman–Crippen LogP) is 6.28. The van der Waals surface area contributed by atoms with Crippen LogP contribution >= 0.6 is 12.2 Å². The molecule has 3 aromatic rings. The van der Waals surface area contributed by atoms with E-state index in [2.05, 4.69) is 98.1 Å². The van der Waals surface area contributed by atoms with Crippen LogP contribution in [0.4, 0.5) is 5.69 Å². The van der Waals surface area contributed by atoms with Gasteiger partial charge in [0.2, 0.25) is 0 Å². The number of para-hydroxylation sites is 1. The third-order valence-electron chi connectivity index (χ3n) is 5.57. The van der Waals surface area contributed by atoms with E-state index in [1.165, 1.54) is 27.6 Å². The Morgan fingerprint density at radius 3 is 2.61 bits per heavy atom. The molecule has 3 rings (SSSR count). The van der Waals surface area contributed by atoms with Gasteiger partial charge in [0.1, 0.15) is 0 Å². The van der Waals surface area contributed by atoms with Crippen molar-refractivity contribution in [1.29, 1.82) is 0 Å². The monoisotopic (exact) mass is 393 g/mol. The maximum atomic E-state index is 5.87. The molecule has 0 spiro atoms. The first kappa shape index (κ1) is 20.4. The fourth-order valence-electron chi connectivity index (χ4n) is 3.60. The van der Waals surface area contributed by atoms with E-state index in [0.717, 1.165) is 30.3 Å². The standard InChI is InChI=1S/C24H31N3S/c1-6-19(5)27(24(28)25-22-14-17(3)12-13-18(22)4)16-20-15-26(7-2)23-11-9-8-10-21(20)23/h8-15,19H,6-7,16H2,1-5H3,(H,25,28)/t19-/m0/s1. The average molecular weight is 394 g/mol. The van der Waals surface area contributed by atoms with Crippen LogP contribution < -0.4 is 5.32 Å². The highest BCUT2D eigenvalue weighted by Crippen LogP contribution is 2.25. The van der Waals surface area contributed by atoms with Gasteiger partial charge in [0.05, 0.1) is 0 Å². The van der Waals surface area contributed by atoms with Crippen molar-refractivity contribution in [1.82, 2.24) is 9.47 Å². The van der Waals surface area contributed by atoms with Gasteiger partial charge < -0.3 is 14.8 Å². The van der Waals surface area contributed by atoms with Gasteiger partial charge >= 0.3 is 0 Å². The molecule has 0 radical (unpaired) electrons. The van der Waals surface area contributed by atoms with Crippen molar-refractivity contribution in [2.24, 2.45) is 0 Å². The number of nitrogens with zero attached hydrogens (tertiary/aromatic N) is 2. The van der Waals surface area contributed by atoms with E-state index < -0.39 is 0 Å². The minimum absolute atomic E-state index is 0.355. The number of thiocarbonyl (C=S) groups is 1. The first-order chi connectivity index (χ1) is 13.4. The summed E-state index contributed by atoms with van der Waals surface area (Å²) in [5.41, 5.74) is 6.14. The first-order valence-corrected chi connectivity index (χ1v) is 10.6.